The molecule has 9 nitrogen and oxygen atoms in total. The fraction of sp³-hybridized carbons (Fsp3) is 0.643. The Hall–Kier alpha value is -3.10. The molecule has 0 heterocycles. The van der Waals surface area contributed by atoms with Gasteiger partial charge in [-0.1, -0.05) is 44.0 Å². The monoisotopic (exact) mass is 516 g/mol. The van der Waals surface area contributed by atoms with Crippen LogP contribution in [0.15, 0.2) is 18.2 Å². The first-order chi connectivity index (χ1) is 17.1. The molecular formula is C28H44N4O5. The summed E-state index contributed by atoms with van der Waals surface area (Å²) in [5.41, 5.74) is 7.28. The summed E-state index contributed by atoms with van der Waals surface area (Å²) in [7, 11) is 0. The van der Waals surface area contributed by atoms with E-state index in [4.69, 9.17) is 10.5 Å². The summed E-state index contributed by atoms with van der Waals surface area (Å²) in [6.45, 7) is 15.0. The number of nitrogens with two attached hydrogens (primary N) is 1. The minimum Gasteiger partial charge on any atom is -0.444 e. The number of nitrogens with zero attached hydrogens (tertiary/aromatic N) is 1. The highest BCUT2D eigenvalue weighted by Crippen LogP contribution is 2.41. The molecule has 0 spiro atoms. The summed E-state index contributed by atoms with van der Waals surface area (Å²) >= 11 is 0. The van der Waals surface area contributed by atoms with E-state index >= 15 is 0 Å². The number of carbonyl (C=O) groups is 4. The Labute approximate surface area is 220 Å². The Bertz CT molecular complexity index is 1000. The summed E-state index contributed by atoms with van der Waals surface area (Å²) in [5, 5.41) is 5.60. The quantitative estimate of drug-likeness (QED) is 0.413. The van der Waals surface area contributed by atoms with E-state index in [0.717, 1.165) is 24.0 Å². The summed E-state index contributed by atoms with van der Waals surface area (Å²) in [6, 6.07) is 3.26. The normalized spacial score (nSPS) is 19.2. The second-order valence-electron chi connectivity index (χ2n) is 11.4. The first-order valence-corrected chi connectivity index (χ1v) is 13.1. The van der Waals surface area contributed by atoms with Crippen LogP contribution in [0.2, 0.25) is 0 Å². The second kappa shape index (κ2) is 12.4. The van der Waals surface area contributed by atoms with Crippen molar-refractivity contribution in [2.24, 2.45) is 11.7 Å². The van der Waals surface area contributed by atoms with E-state index in [9.17, 15) is 19.2 Å². The number of nitrogens with one attached hydrogen (secondary N) is 2. The highest BCUT2D eigenvalue weighted by Gasteiger charge is 2.48. The molecule has 4 N–H and O–H groups in total. The van der Waals surface area contributed by atoms with Gasteiger partial charge in [0.15, 0.2) is 0 Å². The predicted molar refractivity (Wildman–Crippen MR) is 143 cm³/mol. The molecule has 1 aliphatic carbocycles. The van der Waals surface area contributed by atoms with Crippen molar-refractivity contribution in [1.29, 1.82) is 0 Å². The van der Waals surface area contributed by atoms with Crippen molar-refractivity contribution in [3.05, 3.63) is 34.9 Å². The number of hydrogen-bond acceptors (Lipinski definition) is 5. The first kappa shape index (κ1) is 30.1. The van der Waals surface area contributed by atoms with Crippen molar-refractivity contribution in [2.45, 2.75) is 111 Å². The van der Waals surface area contributed by atoms with Crippen LogP contribution in [0.1, 0.15) is 90.0 Å². The zero-order valence-corrected chi connectivity index (χ0v) is 23.5. The number of aryl methyl sites for hydroxylation is 2. The summed E-state index contributed by atoms with van der Waals surface area (Å²) in [4.78, 5) is 53.9. The summed E-state index contributed by atoms with van der Waals surface area (Å²) in [6.07, 6.45) is 1.16. The van der Waals surface area contributed by atoms with E-state index in [1.165, 1.54) is 0 Å². The number of benzene rings is 1. The van der Waals surface area contributed by atoms with Gasteiger partial charge in [0, 0.05) is 12.1 Å². The third-order valence-electron chi connectivity index (χ3n) is 6.43. The van der Waals surface area contributed by atoms with Gasteiger partial charge in [-0.2, -0.15) is 0 Å². The minimum absolute atomic E-state index is 0.0827. The van der Waals surface area contributed by atoms with Crippen LogP contribution in [0.3, 0.4) is 0 Å². The number of alkyl carbamates (subject to hydrolysis) is 1. The average Bonchev–Trinajstić information content (AvgIpc) is 3.45. The lowest BCUT2D eigenvalue weighted by Gasteiger charge is -2.36. The van der Waals surface area contributed by atoms with Crippen molar-refractivity contribution in [2.75, 3.05) is 0 Å². The number of hydrogen-bond donors (Lipinski definition) is 3. The molecule has 1 aliphatic rings. The lowest BCUT2D eigenvalue weighted by atomic mass is 9.95. The fourth-order valence-electron chi connectivity index (χ4n) is 4.58. The standard InChI is InChI=1S/C28H44N4O5/c1-9-10-19(5)30-25(34)24(20-12-11-16(2)13-17(20)3)32(22-14-18(22)4)26(35)21(15-23(29)33)31-27(36)37-28(6,7)8/h11-13,18-19,21-22,24H,9-10,14-15H2,1-8H3,(H2,29,33)(H,30,34)(H,31,36). The number of ether oxygens (including phenoxy) is 1. The van der Waals surface area contributed by atoms with Gasteiger partial charge in [0.2, 0.25) is 17.7 Å². The highest BCUT2D eigenvalue weighted by molar-refractivity contribution is 5.95. The molecule has 1 fully saturated rings. The van der Waals surface area contributed by atoms with Gasteiger partial charge in [-0.15, -0.1) is 0 Å². The maximum absolute atomic E-state index is 14.1. The van der Waals surface area contributed by atoms with Crippen molar-refractivity contribution in [1.82, 2.24) is 15.5 Å². The Morgan fingerprint density at radius 2 is 1.78 bits per heavy atom. The molecule has 9 heteroatoms. The zero-order chi connectivity index (χ0) is 28.1. The maximum Gasteiger partial charge on any atom is 0.408 e. The Morgan fingerprint density at radius 1 is 1.16 bits per heavy atom. The number of primary amides is 1. The summed E-state index contributed by atoms with van der Waals surface area (Å²) in [5.74, 6) is -1.42. The van der Waals surface area contributed by atoms with E-state index in [1.54, 1.807) is 25.7 Å². The number of rotatable bonds is 11. The molecule has 1 aromatic rings. The first-order valence-electron chi connectivity index (χ1n) is 13.1. The van der Waals surface area contributed by atoms with E-state index in [-0.39, 0.29) is 23.9 Å². The largest absolute Gasteiger partial charge is 0.444 e. The molecule has 2 rings (SSSR count). The molecule has 5 atom stereocenters. The van der Waals surface area contributed by atoms with Gasteiger partial charge in [0.25, 0.3) is 0 Å². The lowest BCUT2D eigenvalue weighted by molar-refractivity contribution is -0.144. The van der Waals surface area contributed by atoms with Crippen LogP contribution in [0.4, 0.5) is 4.79 Å². The van der Waals surface area contributed by atoms with Crippen molar-refractivity contribution >= 4 is 23.8 Å². The van der Waals surface area contributed by atoms with Crippen molar-refractivity contribution in [3.63, 3.8) is 0 Å². The van der Waals surface area contributed by atoms with E-state index < -0.39 is 42.0 Å². The number of amides is 4. The van der Waals surface area contributed by atoms with Gasteiger partial charge in [-0.25, -0.2) is 4.79 Å². The van der Waals surface area contributed by atoms with E-state index in [1.807, 2.05) is 52.8 Å². The topological polar surface area (TPSA) is 131 Å². The maximum atomic E-state index is 14.1. The minimum atomic E-state index is -1.27. The van der Waals surface area contributed by atoms with Crippen LogP contribution in [-0.2, 0) is 19.1 Å². The average molecular weight is 517 g/mol. The SMILES string of the molecule is CCCC(C)NC(=O)C(c1ccc(C)cc1C)N(C(=O)C(CC(N)=O)NC(=O)OC(C)(C)C)C1CC1C. The molecule has 0 saturated heterocycles. The van der Waals surface area contributed by atoms with Crippen LogP contribution in [0, 0.1) is 19.8 Å². The van der Waals surface area contributed by atoms with Crippen LogP contribution < -0.4 is 16.4 Å². The highest BCUT2D eigenvalue weighted by atomic mass is 16.6. The third kappa shape index (κ3) is 8.76. The van der Waals surface area contributed by atoms with Crippen molar-refractivity contribution in [3.8, 4) is 0 Å². The number of carbonyl (C=O) groups excluding carboxylic acids is 4. The molecule has 0 bridgehead atoms. The van der Waals surface area contributed by atoms with Gasteiger partial charge < -0.3 is 26.0 Å². The molecule has 1 aromatic carbocycles. The predicted octanol–water partition coefficient (Wildman–Crippen LogP) is 3.66. The van der Waals surface area contributed by atoms with E-state index in [2.05, 4.69) is 10.6 Å². The van der Waals surface area contributed by atoms with Crippen LogP contribution >= 0.6 is 0 Å². The van der Waals surface area contributed by atoms with Crippen LogP contribution in [0.5, 0.6) is 0 Å². The molecule has 0 aromatic heterocycles. The second-order valence-corrected chi connectivity index (χ2v) is 11.4. The van der Waals surface area contributed by atoms with Gasteiger partial charge >= 0.3 is 6.09 Å². The zero-order valence-electron chi connectivity index (χ0n) is 23.5. The smallest absolute Gasteiger partial charge is 0.408 e. The van der Waals surface area contributed by atoms with Gasteiger partial charge in [0.05, 0.1) is 6.42 Å². The molecule has 0 radical (unpaired) electrons. The molecule has 37 heavy (non-hydrogen) atoms. The molecule has 1 saturated carbocycles. The molecule has 0 aliphatic heterocycles. The van der Waals surface area contributed by atoms with E-state index in [0.29, 0.717) is 12.0 Å². The molecule has 5 unspecified atom stereocenters. The van der Waals surface area contributed by atoms with Gasteiger partial charge in [-0.05, 0) is 71.4 Å². The third-order valence-corrected chi connectivity index (χ3v) is 6.43. The molecule has 4 amide bonds. The molecular weight excluding hydrogens is 472 g/mol. The van der Waals surface area contributed by atoms with Crippen LogP contribution in [0.25, 0.3) is 0 Å². The van der Waals surface area contributed by atoms with Gasteiger partial charge in [-0.3, -0.25) is 14.4 Å². The van der Waals surface area contributed by atoms with Gasteiger partial charge in [0.1, 0.15) is 17.7 Å². The Kier molecular flexibility index (Phi) is 10.1. The van der Waals surface area contributed by atoms with Crippen molar-refractivity contribution < 1.29 is 23.9 Å². The Balaban J connectivity index is 2.54. The lowest BCUT2D eigenvalue weighted by Crippen LogP contribution is -2.55. The summed E-state index contributed by atoms with van der Waals surface area (Å²) < 4.78 is 5.33. The molecule has 206 valence electrons. The fourth-order valence-corrected chi connectivity index (χ4v) is 4.58. The Morgan fingerprint density at radius 3 is 2.27 bits per heavy atom. The van der Waals surface area contributed by atoms with Crippen LogP contribution in [-0.4, -0.2) is 52.4 Å².